The van der Waals surface area contributed by atoms with Gasteiger partial charge in [0.05, 0.1) is 25.8 Å². The number of anilines is 2. The number of benzene rings is 2. The second-order valence-electron chi connectivity index (χ2n) is 5.94. The van der Waals surface area contributed by atoms with Crippen molar-refractivity contribution in [3.63, 3.8) is 0 Å². The van der Waals surface area contributed by atoms with Gasteiger partial charge < -0.3 is 19.7 Å². The number of methoxy groups -OCH3 is 2. The SMILES string of the molecule is COc1ccc(NC(=O)[C@@H]2CC(=O)N(c3cc(Cl)ccc3OC)C2)cc1. The molecule has 1 fully saturated rings. The minimum Gasteiger partial charge on any atom is -0.497 e. The van der Waals surface area contributed by atoms with Crippen LogP contribution in [0.1, 0.15) is 6.42 Å². The number of nitrogens with zero attached hydrogens (tertiary/aromatic N) is 1. The van der Waals surface area contributed by atoms with Gasteiger partial charge in [0.25, 0.3) is 0 Å². The first-order chi connectivity index (χ1) is 12.5. The van der Waals surface area contributed by atoms with Crippen molar-refractivity contribution in [2.75, 3.05) is 31.0 Å². The summed E-state index contributed by atoms with van der Waals surface area (Å²) in [5.41, 5.74) is 1.23. The Morgan fingerprint density at radius 3 is 2.54 bits per heavy atom. The van der Waals surface area contributed by atoms with Crippen LogP contribution in [0.3, 0.4) is 0 Å². The molecule has 0 bridgehead atoms. The minimum atomic E-state index is -0.451. The van der Waals surface area contributed by atoms with Gasteiger partial charge in [-0.15, -0.1) is 0 Å². The van der Waals surface area contributed by atoms with Crippen LogP contribution in [0, 0.1) is 5.92 Å². The maximum Gasteiger partial charge on any atom is 0.229 e. The van der Waals surface area contributed by atoms with Gasteiger partial charge in [0, 0.05) is 23.7 Å². The zero-order valence-corrected chi connectivity index (χ0v) is 15.2. The molecule has 2 amide bonds. The average molecular weight is 375 g/mol. The first-order valence-electron chi connectivity index (χ1n) is 8.10. The van der Waals surface area contributed by atoms with E-state index in [-0.39, 0.29) is 24.8 Å². The van der Waals surface area contributed by atoms with Crippen LogP contribution in [0.25, 0.3) is 0 Å². The van der Waals surface area contributed by atoms with E-state index >= 15 is 0 Å². The molecule has 7 heteroatoms. The Morgan fingerprint density at radius 1 is 1.15 bits per heavy atom. The lowest BCUT2D eigenvalue weighted by molar-refractivity contribution is -0.122. The normalized spacial score (nSPS) is 16.5. The third-order valence-electron chi connectivity index (χ3n) is 4.29. The highest BCUT2D eigenvalue weighted by Crippen LogP contribution is 2.35. The van der Waals surface area contributed by atoms with Crippen LogP contribution >= 0.6 is 11.6 Å². The van der Waals surface area contributed by atoms with Crippen molar-refractivity contribution in [3.8, 4) is 11.5 Å². The highest BCUT2D eigenvalue weighted by molar-refractivity contribution is 6.31. The number of nitrogens with one attached hydrogen (secondary N) is 1. The van der Waals surface area contributed by atoms with Crippen molar-refractivity contribution in [3.05, 3.63) is 47.5 Å². The molecule has 0 aromatic heterocycles. The molecular formula is C19H19ClN2O4. The summed E-state index contributed by atoms with van der Waals surface area (Å²) < 4.78 is 10.4. The largest absolute Gasteiger partial charge is 0.497 e. The van der Waals surface area contributed by atoms with Crippen molar-refractivity contribution < 1.29 is 19.1 Å². The number of hydrogen-bond acceptors (Lipinski definition) is 4. The van der Waals surface area contributed by atoms with Crippen molar-refractivity contribution in [1.82, 2.24) is 0 Å². The monoisotopic (exact) mass is 374 g/mol. The Balaban J connectivity index is 1.72. The smallest absolute Gasteiger partial charge is 0.229 e. The minimum absolute atomic E-state index is 0.137. The van der Waals surface area contributed by atoms with Gasteiger partial charge in [-0.1, -0.05) is 11.6 Å². The van der Waals surface area contributed by atoms with Gasteiger partial charge in [0.1, 0.15) is 11.5 Å². The number of carbonyl (C=O) groups excluding carboxylic acids is 2. The van der Waals surface area contributed by atoms with Crippen LogP contribution in [-0.4, -0.2) is 32.6 Å². The highest BCUT2D eigenvalue weighted by atomic mass is 35.5. The molecule has 6 nitrogen and oxygen atoms in total. The Bertz CT molecular complexity index is 823. The Kier molecular flexibility index (Phi) is 5.32. The number of carbonyl (C=O) groups is 2. The van der Waals surface area contributed by atoms with Crippen molar-refractivity contribution in [1.29, 1.82) is 0 Å². The van der Waals surface area contributed by atoms with Crippen LogP contribution in [0.5, 0.6) is 11.5 Å². The second kappa shape index (κ2) is 7.66. The van der Waals surface area contributed by atoms with Gasteiger partial charge in [0.2, 0.25) is 11.8 Å². The zero-order chi connectivity index (χ0) is 18.7. The van der Waals surface area contributed by atoms with Crippen molar-refractivity contribution in [2.45, 2.75) is 6.42 Å². The molecule has 1 heterocycles. The van der Waals surface area contributed by atoms with Gasteiger partial charge in [-0.3, -0.25) is 9.59 Å². The summed E-state index contributed by atoms with van der Waals surface area (Å²) in [7, 11) is 3.11. The van der Waals surface area contributed by atoms with Gasteiger partial charge in [-0.25, -0.2) is 0 Å². The fourth-order valence-corrected chi connectivity index (χ4v) is 3.08. The number of halogens is 1. The van der Waals surface area contributed by atoms with E-state index < -0.39 is 5.92 Å². The van der Waals surface area contributed by atoms with E-state index in [4.69, 9.17) is 21.1 Å². The first-order valence-corrected chi connectivity index (χ1v) is 8.48. The Labute approximate surface area is 156 Å². The number of rotatable bonds is 5. The molecule has 2 aromatic carbocycles. The number of ether oxygens (including phenoxy) is 2. The van der Waals surface area contributed by atoms with Gasteiger partial charge in [-0.2, -0.15) is 0 Å². The van der Waals surface area contributed by atoms with E-state index in [1.165, 1.54) is 7.11 Å². The third kappa shape index (κ3) is 3.75. The summed E-state index contributed by atoms with van der Waals surface area (Å²) in [6.45, 7) is 0.275. The Hall–Kier alpha value is -2.73. The fourth-order valence-electron chi connectivity index (χ4n) is 2.91. The van der Waals surface area contributed by atoms with E-state index in [2.05, 4.69) is 5.32 Å². The summed E-state index contributed by atoms with van der Waals surface area (Å²) in [5.74, 6) is 0.456. The molecule has 1 aliphatic heterocycles. The van der Waals surface area contributed by atoms with E-state index in [0.29, 0.717) is 27.9 Å². The lowest BCUT2D eigenvalue weighted by Crippen LogP contribution is -2.28. The molecule has 136 valence electrons. The van der Waals surface area contributed by atoms with E-state index in [0.717, 1.165) is 0 Å². The molecule has 1 saturated heterocycles. The third-order valence-corrected chi connectivity index (χ3v) is 4.52. The van der Waals surface area contributed by atoms with Gasteiger partial charge in [0.15, 0.2) is 0 Å². The topological polar surface area (TPSA) is 67.9 Å². The maximum absolute atomic E-state index is 12.5. The molecule has 1 N–H and O–H groups in total. The molecule has 0 radical (unpaired) electrons. The van der Waals surface area contributed by atoms with E-state index in [9.17, 15) is 9.59 Å². The molecule has 0 spiro atoms. The number of amides is 2. The lowest BCUT2D eigenvalue weighted by Gasteiger charge is -2.20. The Morgan fingerprint density at radius 2 is 1.88 bits per heavy atom. The molecule has 1 aliphatic rings. The van der Waals surface area contributed by atoms with Crippen molar-refractivity contribution in [2.24, 2.45) is 5.92 Å². The molecule has 0 aliphatic carbocycles. The molecule has 26 heavy (non-hydrogen) atoms. The molecule has 0 saturated carbocycles. The predicted octanol–water partition coefficient (Wildman–Crippen LogP) is 3.35. The van der Waals surface area contributed by atoms with Crippen LogP contribution in [-0.2, 0) is 9.59 Å². The molecular weight excluding hydrogens is 356 g/mol. The van der Waals surface area contributed by atoms with Crippen LogP contribution < -0.4 is 19.7 Å². The fraction of sp³-hybridized carbons (Fsp3) is 0.263. The molecule has 2 aromatic rings. The summed E-state index contributed by atoms with van der Waals surface area (Å²) in [5, 5.41) is 3.34. The zero-order valence-electron chi connectivity index (χ0n) is 14.5. The molecule has 1 atom stereocenters. The number of hydrogen-bond donors (Lipinski definition) is 1. The summed E-state index contributed by atoms with van der Waals surface area (Å²) in [6, 6.07) is 12.1. The second-order valence-corrected chi connectivity index (χ2v) is 6.38. The predicted molar refractivity (Wildman–Crippen MR) is 100 cm³/mol. The maximum atomic E-state index is 12.5. The van der Waals surface area contributed by atoms with Gasteiger partial charge >= 0.3 is 0 Å². The highest BCUT2D eigenvalue weighted by Gasteiger charge is 2.36. The van der Waals surface area contributed by atoms with E-state index in [1.807, 2.05) is 0 Å². The van der Waals surface area contributed by atoms with Crippen LogP contribution in [0.2, 0.25) is 5.02 Å². The summed E-state index contributed by atoms with van der Waals surface area (Å²) in [4.78, 5) is 26.5. The quantitative estimate of drug-likeness (QED) is 0.871. The first kappa shape index (κ1) is 18.1. The average Bonchev–Trinajstić information content (AvgIpc) is 3.04. The molecule has 0 unspecified atom stereocenters. The summed E-state index contributed by atoms with van der Waals surface area (Å²) in [6.07, 6.45) is 0.137. The van der Waals surface area contributed by atoms with Crippen LogP contribution in [0.4, 0.5) is 11.4 Å². The van der Waals surface area contributed by atoms with Crippen LogP contribution in [0.15, 0.2) is 42.5 Å². The van der Waals surface area contributed by atoms with Crippen molar-refractivity contribution >= 4 is 34.8 Å². The van der Waals surface area contributed by atoms with Gasteiger partial charge in [-0.05, 0) is 42.5 Å². The lowest BCUT2D eigenvalue weighted by atomic mass is 10.1. The molecule has 3 rings (SSSR count). The van der Waals surface area contributed by atoms with E-state index in [1.54, 1.807) is 54.5 Å². The summed E-state index contributed by atoms with van der Waals surface area (Å²) >= 11 is 6.05. The standard InChI is InChI=1S/C19H19ClN2O4/c1-25-15-6-4-14(5-7-15)21-19(24)12-9-18(23)22(11-12)16-10-13(20)3-8-17(16)26-2/h3-8,10,12H,9,11H2,1-2H3,(H,21,24)/t12-/m1/s1.